The van der Waals surface area contributed by atoms with Gasteiger partial charge in [-0.05, 0) is 62.6 Å². The quantitative estimate of drug-likeness (QED) is 0.664. The molecular formula is C22H24O3S. The smallest absolute Gasteiger partial charge is 0.338 e. The number of fused-ring (bicyclic) bond motifs is 1. The van der Waals surface area contributed by atoms with Gasteiger partial charge in [-0.15, -0.1) is 11.8 Å². The van der Waals surface area contributed by atoms with E-state index in [0.29, 0.717) is 12.2 Å². The van der Waals surface area contributed by atoms with E-state index in [1.165, 1.54) is 10.5 Å². The van der Waals surface area contributed by atoms with Gasteiger partial charge in [0.2, 0.25) is 0 Å². The lowest BCUT2D eigenvalue weighted by Crippen LogP contribution is -2.28. The van der Waals surface area contributed by atoms with Crippen LogP contribution in [0.25, 0.3) is 6.08 Å². The zero-order valence-electron chi connectivity index (χ0n) is 15.5. The second kappa shape index (κ2) is 8.00. The monoisotopic (exact) mass is 368 g/mol. The zero-order chi connectivity index (χ0) is 18.6. The molecule has 0 aliphatic carbocycles. The Morgan fingerprint density at radius 2 is 2.00 bits per heavy atom. The largest absolute Gasteiger partial charge is 0.491 e. The van der Waals surface area contributed by atoms with E-state index in [1.54, 1.807) is 19.1 Å². The molecule has 1 aliphatic rings. The van der Waals surface area contributed by atoms with Crippen molar-refractivity contribution in [2.45, 2.75) is 36.8 Å². The van der Waals surface area contributed by atoms with Gasteiger partial charge in [0.25, 0.3) is 0 Å². The van der Waals surface area contributed by atoms with Gasteiger partial charge in [-0.2, -0.15) is 0 Å². The van der Waals surface area contributed by atoms with Crippen molar-refractivity contribution in [3.8, 4) is 5.75 Å². The van der Waals surface area contributed by atoms with Crippen molar-refractivity contribution in [3.63, 3.8) is 0 Å². The zero-order valence-corrected chi connectivity index (χ0v) is 16.3. The van der Waals surface area contributed by atoms with Gasteiger partial charge in [-0.1, -0.05) is 30.4 Å². The third-order valence-corrected chi connectivity index (χ3v) is 5.28. The number of benzene rings is 2. The van der Waals surface area contributed by atoms with E-state index in [-0.39, 0.29) is 10.7 Å². The molecule has 136 valence electrons. The first-order valence-corrected chi connectivity index (χ1v) is 9.67. The molecule has 0 unspecified atom stereocenters. The Labute approximate surface area is 159 Å². The Bertz CT molecular complexity index is 807. The van der Waals surface area contributed by atoms with Crippen LogP contribution >= 0.6 is 11.8 Å². The first-order chi connectivity index (χ1) is 12.5. The van der Waals surface area contributed by atoms with Crippen LogP contribution in [0.1, 0.15) is 42.3 Å². The molecule has 3 rings (SSSR count). The van der Waals surface area contributed by atoms with Crippen LogP contribution in [-0.2, 0) is 11.2 Å². The van der Waals surface area contributed by atoms with Gasteiger partial charge in [0, 0.05) is 4.75 Å². The van der Waals surface area contributed by atoms with Gasteiger partial charge in [-0.25, -0.2) is 4.79 Å². The topological polar surface area (TPSA) is 35.5 Å². The normalized spacial score (nSPS) is 15.3. The number of carbonyl (C=O) groups is 1. The van der Waals surface area contributed by atoms with Crippen molar-refractivity contribution in [1.82, 2.24) is 0 Å². The summed E-state index contributed by atoms with van der Waals surface area (Å²) in [5, 5.41) is 0. The van der Waals surface area contributed by atoms with Crippen LogP contribution in [0.15, 0.2) is 53.4 Å². The number of esters is 1. The summed E-state index contributed by atoms with van der Waals surface area (Å²) in [6.07, 6.45) is 5.03. The molecule has 0 fully saturated rings. The van der Waals surface area contributed by atoms with Crippen LogP contribution < -0.4 is 4.74 Å². The average Bonchev–Trinajstić information content (AvgIpc) is 2.62. The summed E-state index contributed by atoms with van der Waals surface area (Å²) in [4.78, 5) is 12.9. The number of allylic oxidation sites excluding steroid dienone is 1. The molecule has 4 heteroatoms. The van der Waals surface area contributed by atoms with Crippen molar-refractivity contribution in [1.29, 1.82) is 0 Å². The minimum atomic E-state index is -0.280. The first-order valence-electron chi connectivity index (χ1n) is 8.85. The van der Waals surface area contributed by atoms with Crippen LogP contribution in [0.5, 0.6) is 5.75 Å². The molecule has 0 saturated heterocycles. The maximum absolute atomic E-state index is 11.7. The number of rotatable bonds is 5. The molecule has 26 heavy (non-hydrogen) atoms. The lowest BCUT2D eigenvalue weighted by molar-refractivity contribution is 0.0526. The second-order valence-corrected chi connectivity index (χ2v) is 8.63. The SMILES string of the molecule is CCOC(=O)c1ccc(/C=C/Cc2ccc3c(c2)OCC(C)(C)S3)cc1. The van der Waals surface area contributed by atoms with Crippen LogP contribution in [-0.4, -0.2) is 23.9 Å². The fourth-order valence-corrected chi connectivity index (χ4v) is 3.80. The van der Waals surface area contributed by atoms with E-state index in [9.17, 15) is 4.79 Å². The van der Waals surface area contributed by atoms with Gasteiger partial charge < -0.3 is 9.47 Å². The Balaban J connectivity index is 1.61. The molecular weight excluding hydrogens is 344 g/mol. The van der Waals surface area contributed by atoms with Crippen LogP contribution in [0.3, 0.4) is 0 Å². The van der Waals surface area contributed by atoms with E-state index in [4.69, 9.17) is 9.47 Å². The van der Waals surface area contributed by atoms with Gasteiger partial charge in [0.15, 0.2) is 0 Å². The summed E-state index contributed by atoms with van der Waals surface area (Å²) in [6.45, 7) is 7.33. The number of ether oxygens (including phenoxy) is 2. The number of thioether (sulfide) groups is 1. The minimum Gasteiger partial charge on any atom is -0.491 e. The maximum atomic E-state index is 11.7. The fourth-order valence-electron chi connectivity index (χ4n) is 2.73. The highest BCUT2D eigenvalue weighted by atomic mass is 32.2. The number of carbonyl (C=O) groups excluding carboxylic acids is 1. The number of hydrogen-bond acceptors (Lipinski definition) is 4. The van der Waals surface area contributed by atoms with Crippen molar-refractivity contribution in [2.75, 3.05) is 13.2 Å². The van der Waals surface area contributed by atoms with Crippen LogP contribution in [0.2, 0.25) is 0 Å². The highest BCUT2D eigenvalue weighted by Gasteiger charge is 2.27. The maximum Gasteiger partial charge on any atom is 0.338 e. The van der Waals surface area contributed by atoms with E-state index in [2.05, 4.69) is 44.2 Å². The summed E-state index contributed by atoms with van der Waals surface area (Å²) in [5.41, 5.74) is 2.87. The van der Waals surface area contributed by atoms with E-state index in [1.807, 2.05) is 23.9 Å². The molecule has 0 saturated carbocycles. The van der Waals surface area contributed by atoms with Crippen molar-refractivity contribution >= 4 is 23.8 Å². The molecule has 2 aromatic carbocycles. The molecule has 0 aromatic heterocycles. The van der Waals surface area contributed by atoms with Gasteiger partial charge in [-0.3, -0.25) is 0 Å². The van der Waals surface area contributed by atoms with Crippen molar-refractivity contribution < 1.29 is 14.3 Å². The van der Waals surface area contributed by atoms with Gasteiger partial charge in [0.1, 0.15) is 12.4 Å². The third-order valence-electron chi connectivity index (χ3n) is 4.06. The summed E-state index contributed by atoms with van der Waals surface area (Å²) in [6, 6.07) is 13.9. The molecule has 0 spiro atoms. The van der Waals surface area contributed by atoms with Gasteiger partial charge in [0.05, 0.1) is 17.1 Å². The summed E-state index contributed by atoms with van der Waals surface area (Å²) in [5.74, 6) is 0.706. The highest BCUT2D eigenvalue weighted by molar-refractivity contribution is 8.00. The molecule has 1 aliphatic heterocycles. The van der Waals surface area contributed by atoms with Gasteiger partial charge >= 0.3 is 5.97 Å². The Morgan fingerprint density at radius 3 is 2.73 bits per heavy atom. The van der Waals surface area contributed by atoms with E-state index >= 15 is 0 Å². The Hall–Kier alpha value is -2.20. The molecule has 0 N–H and O–H groups in total. The lowest BCUT2D eigenvalue weighted by atomic mass is 10.1. The van der Waals surface area contributed by atoms with Crippen LogP contribution in [0, 0.1) is 0 Å². The highest BCUT2D eigenvalue weighted by Crippen LogP contribution is 2.43. The fraction of sp³-hybridized carbons (Fsp3) is 0.318. The standard InChI is InChI=1S/C22H24O3S/c1-4-24-21(23)18-11-8-16(9-12-18)6-5-7-17-10-13-20-19(14-17)25-15-22(2,3)26-20/h5-6,8-14H,4,7,15H2,1-3H3/b6-5+. The predicted molar refractivity (Wildman–Crippen MR) is 107 cm³/mol. The Morgan fingerprint density at radius 1 is 1.23 bits per heavy atom. The molecule has 0 amide bonds. The first kappa shape index (κ1) is 18.6. The molecule has 3 nitrogen and oxygen atoms in total. The lowest BCUT2D eigenvalue weighted by Gasteiger charge is -2.30. The summed E-state index contributed by atoms with van der Waals surface area (Å²) >= 11 is 1.87. The minimum absolute atomic E-state index is 0.129. The van der Waals surface area contributed by atoms with E-state index < -0.39 is 0 Å². The molecule has 0 atom stereocenters. The van der Waals surface area contributed by atoms with Crippen molar-refractivity contribution in [3.05, 3.63) is 65.2 Å². The molecule has 0 radical (unpaired) electrons. The second-order valence-electron chi connectivity index (χ2n) is 6.88. The third kappa shape index (κ3) is 4.70. The van der Waals surface area contributed by atoms with E-state index in [0.717, 1.165) is 24.3 Å². The molecule has 2 aromatic rings. The predicted octanol–water partition coefficient (Wildman–Crippen LogP) is 5.38. The van der Waals surface area contributed by atoms with Crippen LogP contribution in [0.4, 0.5) is 0 Å². The summed E-state index contributed by atoms with van der Waals surface area (Å²) in [7, 11) is 0. The number of hydrogen-bond donors (Lipinski definition) is 0. The molecule has 1 heterocycles. The summed E-state index contributed by atoms with van der Waals surface area (Å²) < 4.78 is 11.0. The average molecular weight is 368 g/mol. The van der Waals surface area contributed by atoms with Crippen molar-refractivity contribution in [2.24, 2.45) is 0 Å². The molecule has 0 bridgehead atoms. The Kier molecular flexibility index (Phi) is 5.72.